The van der Waals surface area contributed by atoms with Gasteiger partial charge in [0.2, 0.25) is 11.7 Å². The summed E-state index contributed by atoms with van der Waals surface area (Å²) in [5, 5.41) is 4.98. The molecule has 1 aromatic carbocycles. The van der Waals surface area contributed by atoms with Crippen LogP contribution < -0.4 is 4.74 Å². The van der Waals surface area contributed by atoms with Crippen molar-refractivity contribution in [2.75, 3.05) is 13.2 Å². The summed E-state index contributed by atoms with van der Waals surface area (Å²) in [5.41, 5.74) is -0.229. The van der Waals surface area contributed by atoms with Crippen molar-refractivity contribution in [2.45, 2.75) is 136 Å². The summed E-state index contributed by atoms with van der Waals surface area (Å²) >= 11 is 6.38. The normalized spacial score (nSPS) is 23.7. The van der Waals surface area contributed by atoms with Crippen LogP contribution in [0, 0.1) is 29.1 Å². The number of halogens is 1. The Kier molecular flexibility index (Phi) is 12.3. The van der Waals surface area contributed by atoms with E-state index in [1.807, 2.05) is 27.7 Å². The fraction of sp³-hybridized carbons (Fsp3) is 0.700. The van der Waals surface area contributed by atoms with Crippen LogP contribution in [-0.4, -0.2) is 64.4 Å². The lowest BCUT2D eigenvalue weighted by molar-refractivity contribution is -0.147. The van der Waals surface area contributed by atoms with E-state index in [4.69, 9.17) is 21.2 Å². The van der Waals surface area contributed by atoms with Crippen molar-refractivity contribution < 1.29 is 33.5 Å². The number of ketones is 4. The van der Waals surface area contributed by atoms with Crippen molar-refractivity contribution in [3.8, 4) is 5.75 Å². The van der Waals surface area contributed by atoms with Crippen molar-refractivity contribution >= 4 is 46.4 Å². The third-order valence-electron chi connectivity index (χ3n) is 11.2. The molecule has 0 N–H and O–H groups in total. The maximum absolute atomic E-state index is 14.7. The van der Waals surface area contributed by atoms with Crippen molar-refractivity contribution in [3.05, 3.63) is 28.8 Å². The molecule has 1 aromatic rings. The maximum atomic E-state index is 14.7. The largest absolute Gasteiger partial charge is 0.493 e. The lowest BCUT2D eigenvalue weighted by Gasteiger charge is -2.35. The smallest absolute Gasteiger partial charge is 0.227 e. The van der Waals surface area contributed by atoms with Gasteiger partial charge in [-0.2, -0.15) is 0 Å². The van der Waals surface area contributed by atoms with E-state index in [1.54, 1.807) is 30.0 Å². The second-order valence-corrected chi connectivity index (χ2v) is 16.7. The Morgan fingerprint density at radius 2 is 1.74 bits per heavy atom. The van der Waals surface area contributed by atoms with Gasteiger partial charge in [-0.15, -0.1) is 0 Å². The average Bonchev–Trinajstić information content (AvgIpc) is 3.68. The lowest BCUT2D eigenvalue weighted by atomic mass is 9.75. The van der Waals surface area contributed by atoms with Crippen LogP contribution in [0.1, 0.15) is 130 Å². The summed E-state index contributed by atoms with van der Waals surface area (Å²) in [7, 11) is 0. The number of rotatable bonds is 16. The summed E-state index contributed by atoms with van der Waals surface area (Å²) in [5.74, 6) is -1.43. The van der Waals surface area contributed by atoms with Gasteiger partial charge in [0, 0.05) is 60.9 Å². The van der Waals surface area contributed by atoms with E-state index >= 15 is 0 Å². The molecule has 1 amide bonds. The van der Waals surface area contributed by atoms with E-state index in [-0.39, 0.29) is 49.7 Å². The summed E-state index contributed by atoms with van der Waals surface area (Å²) in [6.07, 6.45) is 9.12. The number of benzene rings is 1. The molecular weight excluding hydrogens is 656 g/mol. The standard InChI is InChI=1S/C40H55ClN2O7/c1-6-34(45)37(47)27(17-26-13-14-26)19-35(46)33-23-40(22-32(42-50-40)30-20-28(41)15-16-36(30)49-7-2)24-43(33)38(48)31(39(3,4)5)21-29(44)18-25-11-9-8-10-12-25/h15-16,20,25-27,31,33H,6-14,17-19,21-24H2,1-5H3/t27-,31-,33+,40-/m1/s1. The van der Waals surface area contributed by atoms with Crippen LogP contribution in [0.2, 0.25) is 5.02 Å². The van der Waals surface area contributed by atoms with Crippen LogP contribution in [-0.2, 0) is 28.8 Å². The monoisotopic (exact) mass is 710 g/mol. The van der Waals surface area contributed by atoms with Gasteiger partial charge in [-0.3, -0.25) is 24.0 Å². The molecule has 4 atom stereocenters. The molecular formula is C40H55ClN2O7. The van der Waals surface area contributed by atoms with Gasteiger partial charge < -0.3 is 14.5 Å². The third-order valence-corrected chi connectivity index (χ3v) is 11.4. The van der Waals surface area contributed by atoms with Crippen LogP contribution in [0.5, 0.6) is 5.75 Å². The number of hydrogen-bond donors (Lipinski definition) is 0. The first kappa shape index (κ1) is 38.2. The summed E-state index contributed by atoms with van der Waals surface area (Å²) in [6, 6.07) is 4.43. The molecule has 1 saturated heterocycles. The van der Waals surface area contributed by atoms with Crippen molar-refractivity contribution in [1.82, 2.24) is 4.90 Å². The van der Waals surface area contributed by atoms with Crippen LogP contribution in [0.4, 0.5) is 0 Å². The molecule has 2 aliphatic carbocycles. The molecule has 0 unspecified atom stereocenters. The number of likely N-dealkylation sites (tertiary alicyclic amines) is 1. The Morgan fingerprint density at radius 1 is 1.02 bits per heavy atom. The quantitative estimate of drug-likeness (QED) is 0.161. The Bertz CT molecular complexity index is 1490. The van der Waals surface area contributed by atoms with Crippen LogP contribution in [0.3, 0.4) is 0 Å². The molecule has 0 radical (unpaired) electrons. The molecule has 5 rings (SSSR count). The molecule has 2 aliphatic heterocycles. The first-order valence-electron chi connectivity index (χ1n) is 18.8. The zero-order chi connectivity index (χ0) is 36.2. The Hall–Kier alpha value is -3.07. The number of ether oxygens (including phenoxy) is 1. The highest BCUT2D eigenvalue weighted by Crippen LogP contribution is 2.44. The molecule has 50 heavy (non-hydrogen) atoms. The van der Waals surface area contributed by atoms with E-state index in [9.17, 15) is 24.0 Å². The van der Waals surface area contributed by atoms with E-state index in [0.29, 0.717) is 59.8 Å². The molecule has 10 heteroatoms. The average molecular weight is 711 g/mol. The van der Waals surface area contributed by atoms with Gasteiger partial charge in [0.05, 0.1) is 24.9 Å². The molecule has 0 aromatic heterocycles. The van der Waals surface area contributed by atoms with Gasteiger partial charge >= 0.3 is 0 Å². The molecule has 9 nitrogen and oxygen atoms in total. The predicted molar refractivity (Wildman–Crippen MR) is 192 cm³/mol. The zero-order valence-corrected chi connectivity index (χ0v) is 31.3. The minimum absolute atomic E-state index is 0.0854. The second-order valence-electron chi connectivity index (χ2n) is 16.3. The first-order chi connectivity index (χ1) is 23.7. The van der Waals surface area contributed by atoms with E-state index in [1.165, 1.54) is 6.42 Å². The number of carbonyl (C=O) groups is 5. The number of carbonyl (C=O) groups excluding carboxylic acids is 5. The highest BCUT2D eigenvalue weighted by Gasteiger charge is 2.55. The van der Waals surface area contributed by atoms with Crippen LogP contribution in [0.15, 0.2) is 23.4 Å². The highest BCUT2D eigenvalue weighted by molar-refractivity contribution is 6.38. The SMILES string of the molecule is CCOc1ccc(Cl)cc1C1=NO[C@]2(C1)C[C@@H](C(=O)C[C@@H](CC1CC1)C(=O)C(=O)CC)N(C(=O)[C@@H](CC(=O)CC1CCCCC1)C(C)(C)C)C2. The Balaban J connectivity index is 1.42. The van der Waals surface area contributed by atoms with Gasteiger partial charge in [-0.25, -0.2) is 0 Å². The van der Waals surface area contributed by atoms with E-state index < -0.39 is 40.5 Å². The van der Waals surface area contributed by atoms with Gasteiger partial charge in [-0.05, 0) is 48.8 Å². The Labute approximate surface area is 302 Å². The van der Waals surface area contributed by atoms with Gasteiger partial charge in [0.15, 0.2) is 17.2 Å². The molecule has 1 spiro atoms. The van der Waals surface area contributed by atoms with Crippen molar-refractivity contribution in [3.63, 3.8) is 0 Å². The van der Waals surface area contributed by atoms with Crippen LogP contribution >= 0.6 is 11.6 Å². The zero-order valence-electron chi connectivity index (χ0n) is 30.6. The Morgan fingerprint density at radius 3 is 2.38 bits per heavy atom. The predicted octanol–water partition coefficient (Wildman–Crippen LogP) is 7.72. The van der Waals surface area contributed by atoms with Gasteiger partial charge in [0.25, 0.3) is 0 Å². The number of hydrogen-bond acceptors (Lipinski definition) is 8. The lowest BCUT2D eigenvalue weighted by Crippen LogP contribution is -2.48. The fourth-order valence-electron chi connectivity index (χ4n) is 8.14. The number of oxime groups is 1. The molecule has 0 bridgehead atoms. The molecule has 274 valence electrons. The van der Waals surface area contributed by atoms with E-state index in [0.717, 1.165) is 38.5 Å². The highest BCUT2D eigenvalue weighted by atomic mass is 35.5. The maximum Gasteiger partial charge on any atom is 0.227 e. The molecule has 2 heterocycles. The number of nitrogens with zero attached hydrogens (tertiary/aromatic N) is 2. The second kappa shape index (κ2) is 16.1. The third kappa shape index (κ3) is 9.23. The number of amides is 1. The molecule has 2 saturated carbocycles. The minimum Gasteiger partial charge on any atom is -0.493 e. The van der Waals surface area contributed by atoms with E-state index in [2.05, 4.69) is 5.16 Å². The van der Waals surface area contributed by atoms with Crippen molar-refractivity contribution in [2.24, 2.45) is 34.2 Å². The van der Waals surface area contributed by atoms with Crippen molar-refractivity contribution in [1.29, 1.82) is 0 Å². The summed E-state index contributed by atoms with van der Waals surface area (Å²) < 4.78 is 5.86. The molecule has 3 fully saturated rings. The van der Waals surface area contributed by atoms with Crippen LogP contribution in [0.25, 0.3) is 0 Å². The summed E-state index contributed by atoms with van der Waals surface area (Å²) in [6.45, 7) is 10.0. The fourth-order valence-corrected chi connectivity index (χ4v) is 8.32. The molecule has 4 aliphatic rings. The number of Topliss-reactive ketones (excluding diaryl/α,β-unsaturated/α-hetero) is 4. The van der Waals surface area contributed by atoms with Gasteiger partial charge in [0.1, 0.15) is 11.5 Å². The first-order valence-corrected chi connectivity index (χ1v) is 19.2. The van der Waals surface area contributed by atoms with Gasteiger partial charge in [-0.1, -0.05) is 89.4 Å². The topological polar surface area (TPSA) is 119 Å². The summed E-state index contributed by atoms with van der Waals surface area (Å²) in [4.78, 5) is 76.2. The minimum atomic E-state index is -0.985.